The molecule has 1 saturated heterocycles. The fourth-order valence-corrected chi connectivity index (χ4v) is 2.72. The van der Waals surface area contributed by atoms with Crippen molar-refractivity contribution in [2.75, 3.05) is 26.2 Å². The van der Waals surface area contributed by atoms with Crippen molar-refractivity contribution in [2.24, 2.45) is 0 Å². The highest BCUT2D eigenvalue weighted by Crippen LogP contribution is 2.21. The van der Waals surface area contributed by atoms with Gasteiger partial charge in [0.2, 0.25) is 5.91 Å². The predicted octanol–water partition coefficient (Wildman–Crippen LogP) is 2.70. The topological polar surface area (TPSA) is 70.7 Å². The molecule has 1 fully saturated rings. The van der Waals surface area contributed by atoms with Crippen LogP contribution in [0.15, 0.2) is 18.2 Å². The van der Waals surface area contributed by atoms with Crippen LogP contribution in [0.1, 0.15) is 44.4 Å². The summed E-state index contributed by atoms with van der Waals surface area (Å²) in [5.41, 5.74) is -0.0859. The first-order chi connectivity index (χ1) is 12.5. The summed E-state index contributed by atoms with van der Waals surface area (Å²) in [4.78, 5) is 25.3. The Bertz CT molecular complexity index is 622. The van der Waals surface area contributed by atoms with Gasteiger partial charge in [-0.05, 0) is 25.3 Å². The van der Waals surface area contributed by atoms with E-state index in [0.29, 0.717) is 19.5 Å². The number of ether oxygens (including phenoxy) is 1. The molecule has 0 aliphatic carbocycles. The van der Waals surface area contributed by atoms with Crippen LogP contribution in [-0.4, -0.2) is 43.1 Å². The minimum absolute atomic E-state index is 0.0483. The Morgan fingerprint density at radius 2 is 1.96 bits per heavy atom. The molecular weight excluding hydrogens is 344 g/mol. The fourth-order valence-electron chi connectivity index (χ4n) is 2.72. The van der Waals surface area contributed by atoms with Gasteiger partial charge in [0.25, 0.3) is 0 Å². The number of piperidine rings is 1. The van der Waals surface area contributed by atoms with Gasteiger partial charge in [-0.1, -0.05) is 19.1 Å². The van der Waals surface area contributed by atoms with E-state index in [-0.39, 0.29) is 30.7 Å². The quantitative estimate of drug-likeness (QED) is 0.573. The molecule has 3 amide bonds. The average molecular weight is 369 g/mol. The Hall–Kier alpha value is -2.22. The van der Waals surface area contributed by atoms with Crippen molar-refractivity contribution in [3.63, 3.8) is 0 Å². The van der Waals surface area contributed by atoms with Crippen LogP contribution in [-0.2, 0) is 9.53 Å². The zero-order chi connectivity index (χ0) is 18.9. The van der Waals surface area contributed by atoms with Gasteiger partial charge in [0.05, 0.1) is 6.61 Å². The highest BCUT2D eigenvalue weighted by atomic mass is 19.2. The standard InChI is InChI=1S/C18H25F2N3O3/c1-2-15(24)21-9-12-26-17(13-7-6-8-14(19)16(13)20)22-18(25)23-10-4-3-5-11-23/h6-8,17H,2-5,9-12H2,1H3,(H,21,24)(H,22,25)/t17-/m1/s1. The molecule has 2 N–H and O–H groups in total. The molecule has 0 bridgehead atoms. The van der Waals surface area contributed by atoms with Crippen molar-refractivity contribution in [2.45, 2.75) is 38.8 Å². The van der Waals surface area contributed by atoms with Gasteiger partial charge in [0.1, 0.15) is 0 Å². The second-order valence-corrected chi connectivity index (χ2v) is 6.09. The molecule has 6 nitrogen and oxygen atoms in total. The van der Waals surface area contributed by atoms with E-state index in [2.05, 4.69) is 10.6 Å². The third-order valence-electron chi connectivity index (χ3n) is 4.19. The smallest absolute Gasteiger partial charge is 0.319 e. The fraction of sp³-hybridized carbons (Fsp3) is 0.556. The Labute approximate surface area is 151 Å². The average Bonchev–Trinajstić information content (AvgIpc) is 2.66. The lowest BCUT2D eigenvalue weighted by Crippen LogP contribution is -2.45. The van der Waals surface area contributed by atoms with Gasteiger partial charge in [-0.2, -0.15) is 0 Å². The van der Waals surface area contributed by atoms with Crippen molar-refractivity contribution in [1.82, 2.24) is 15.5 Å². The number of carbonyl (C=O) groups excluding carboxylic acids is 2. The lowest BCUT2D eigenvalue weighted by atomic mass is 10.1. The number of amides is 3. The minimum Gasteiger partial charge on any atom is -0.354 e. The maximum atomic E-state index is 14.1. The van der Waals surface area contributed by atoms with Crippen LogP contribution in [0.2, 0.25) is 0 Å². The summed E-state index contributed by atoms with van der Waals surface area (Å²) in [5, 5.41) is 5.25. The van der Waals surface area contributed by atoms with E-state index >= 15 is 0 Å². The summed E-state index contributed by atoms with van der Waals surface area (Å²) < 4.78 is 33.2. The summed E-state index contributed by atoms with van der Waals surface area (Å²) in [7, 11) is 0. The molecule has 2 rings (SSSR count). The zero-order valence-corrected chi connectivity index (χ0v) is 14.9. The molecule has 0 radical (unpaired) electrons. The molecule has 1 atom stereocenters. The van der Waals surface area contributed by atoms with E-state index in [1.807, 2.05) is 0 Å². The lowest BCUT2D eigenvalue weighted by molar-refractivity contribution is -0.121. The summed E-state index contributed by atoms with van der Waals surface area (Å²) in [6.07, 6.45) is 2.10. The summed E-state index contributed by atoms with van der Waals surface area (Å²) in [6, 6.07) is 3.35. The van der Waals surface area contributed by atoms with Crippen LogP contribution in [0.3, 0.4) is 0 Å². The van der Waals surface area contributed by atoms with Crippen molar-refractivity contribution in [3.8, 4) is 0 Å². The van der Waals surface area contributed by atoms with Gasteiger partial charge in [-0.3, -0.25) is 4.79 Å². The van der Waals surface area contributed by atoms with Crippen molar-refractivity contribution >= 4 is 11.9 Å². The number of likely N-dealkylation sites (tertiary alicyclic amines) is 1. The van der Waals surface area contributed by atoms with Crippen LogP contribution in [0.4, 0.5) is 13.6 Å². The monoisotopic (exact) mass is 369 g/mol. The van der Waals surface area contributed by atoms with Crippen LogP contribution >= 0.6 is 0 Å². The first-order valence-electron chi connectivity index (χ1n) is 8.90. The number of halogens is 2. The number of benzene rings is 1. The van der Waals surface area contributed by atoms with E-state index in [9.17, 15) is 18.4 Å². The van der Waals surface area contributed by atoms with Gasteiger partial charge in [-0.15, -0.1) is 0 Å². The molecule has 0 saturated carbocycles. The van der Waals surface area contributed by atoms with Gasteiger partial charge in [-0.25, -0.2) is 13.6 Å². The van der Waals surface area contributed by atoms with E-state index in [1.54, 1.807) is 11.8 Å². The number of carbonyl (C=O) groups is 2. The van der Waals surface area contributed by atoms with E-state index in [0.717, 1.165) is 25.3 Å². The highest BCUT2D eigenvalue weighted by molar-refractivity contribution is 5.75. The molecule has 0 aromatic heterocycles. The van der Waals surface area contributed by atoms with Crippen molar-refractivity contribution in [3.05, 3.63) is 35.4 Å². The third kappa shape index (κ3) is 5.66. The number of hydrogen-bond donors (Lipinski definition) is 2. The molecule has 1 aliphatic rings. The number of urea groups is 1. The summed E-state index contributed by atoms with van der Waals surface area (Å²) >= 11 is 0. The molecule has 1 aliphatic heterocycles. The number of hydrogen-bond acceptors (Lipinski definition) is 3. The van der Waals surface area contributed by atoms with Gasteiger partial charge >= 0.3 is 6.03 Å². The molecule has 8 heteroatoms. The summed E-state index contributed by atoms with van der Waals surface area (Å²) in [5.74, 6) is -2.21. The summed E-state index contributed by atoms with van der Waals surface area (Å²) in [6.45, 7) is 3.22. The lowest BCUT2D eigenvalue weighted by Gasteiger charge is -2.29. The second kappa shape index (κ2) is 10.1. The van der Waals surface area contributed by atoms with Gasteiger partial charge in [0.15, 0.2) is 17.9 Å². The van der Waals surface area contributed by atoms with Crippen molar-refractivity contribution < 1.29 is 23.1 Å². The van der Waals surface area contributed by atoms with Crippen LogP contribution < -0.4 is 10.6 Å². The van der Waals surface area contributed by atoms with Crippen LogP contribution in [0, 0.1) is 11.6 Å². The van der Waals surface area contributed by atoms with Gasteiger partial charge in [0, 0.05) is 31.6 Å². The number of nitrogens with zero attached hydrogens (tertiary/aromatic N) is 1. The Balaban J connectivity index is 2.04. The Morgan fingerprint density at radius 3 is 2.65 bits per heavy atom. The maximum absolute atomic E-state index is 14.1. The Morgan fingerprint density at radius 1 is 1.23 bits per heavy atom. The molecule has 1 aromatic carbocycles. The number of rotatable bonds is 7. The first-order valence-corrected chi connectivity index (χ1v) is 8.90. The normalized spacial score (nSPS) is 15.4. The third-order valence-corrected chi connectivity index (χ3v) is 4.19. The number of nitrogens with one attached hydrogen (secondary N) is 2. The first kappa shape index (κ1) is 20.1. The second-order valence-electron chi connectivity index (χ2n) is 6.09. The van der Waals surface area contributed by atoms with Gasteiger partial charge < -0.3 is 20.3 Å². The zero-order valence-electron chi connectivity index (χ0n) is 14.9. The van der Waals surface area contributed by atoms with Crippen molar-refractivity contribution in [1.29, 1.82) is 0 Å². The predicted molar refractivity (Wildman–Crippen MR) is 92.3 cm³/mol. The molecule has 26 heavy (non-hydrogen) atoms. The van der Waals surface area contributed by atoms with E-state index in [1.165, 1.54) is 12.1 Å². The maximum Gasteiger partial charge on any atom is 0.319 e. The molecule has 0 unspecified atom stereocenters. The van der Waals surface area contributed by atoms with E-state index in [4.69, 9.17) is 4.74 Å². The molecule has 1 heterocycles. The van der Waals surface area contributed by atoms with Crippen LogP contribution in [0.25, 0.3) is 0 Å². The molecule has 0 spiro atoms. The molecular formula is C18H25F2N3O3. The highest BCUT2D eigenvalue weighted by Gasteiger charge is 2.24. The van der Waals surface area contributed by atoms with E-state index < -0.39 is 17.9 Å². The Kier molecular flexibility index (Phi) is 7.77. The molecule has 144 valence electrons. The molecule has 1 aromatic rings. The van der Waals surface area contributed by atoms with Crippen LogP contribution in [0.5, 0.6) is 0 Å². The largest absolute Gasteiger partial charge is 0.354 e. The minimum atomic E-state index is -1.14. The SMILES string of the molecule is CCC(=O)NCCO[C@@H](NC(=O)N1CCCCC1)c1cccc(F)c1F.